The summed E-state index contributed by atoms with van der Waals surface area (Å²) < 4.78 is 28.3. The van der Waals surface area contributed by atoms with Crippen molar-refractivity contribution in [3.8, 4) is 45.6 Å². The van der Waals surface area contributed by atoms with Crippen LogP contribution in [-0.4, -0.2) is 109 Å². The molecule has 0 aromatic heterocycles. The van der Waals surface area contributed by atoms with E-state index in [0.717, 1.165) is 24.3 Å². The van der Waals surface area contributed by atoms with E-state index in [1.165, 1.54) is 12.1 Å². The normalized spacial score (nSPS) is 32.2. The predicted molar refractivity (Wildman–Crippen MR) is 131 cm³/mol. The molecule has 41 heavy (non-hydrogen) atoms. The van der Waals surface area contributed by atoms with Gasteiger partial charge in [0.05, 0.1) is 18.8 Å². The third kappa shape index (κ3) is 5.54. The van der Waals surface area contributed by atoms with Crippen LogP contribution in [0.3, 0.4) is 0 Å². The van der Waals surface area contributed by atoms with Gasteiger partial charge in [0, 0.05) is 17.7 Å². The number of benzene rings is 2. The van der Waals surface area contributed by atoms with E-state index in [9.17, 15) is 50.8 Å². The van der Waals surface area contributed by atoms with E-state index in [0.29, 0.717) is 0 Å². The lowest BCUT2D eigenvalue weighted by molar-refractivity contribution is -0.344. The first-order valence-electron chi connectivity index (χ1n) is 12.4. The number of aliphatic hydroxyl groups excluding tert-OH is 6. The second-order valence-corrected chi connectivity index (χ2v) is 9.65. The zero-order valence-electron chi connectivity index (χ0n) is 21.0. The van der Waals surface area contributed by atoms with E-state index in [-0.39, 0.29) is 28.4 Å². The van der Waals surface area contributed by atoms with Crippen LogP contribution in [0.4, 0.5) is 0 Å². The molecule has 3 aliphatic heterocycles. The van der Waals surface area contributed by atoms with Gasteiger partial charge in [0.15, 0.2) is 29.3 Å². The summed E-state index contributed by atoms with van der Waals surface area (Å²) in [6.45, 7) is -1.20. The molecule has 9 atom stereocenters. The van der Waals surface area contributed by atoms with E-state index in [1.54, 1.807) is 0 Å². The van der Waals surface area contributed by atoms with E-state index in [2.05, 4.69) is 0 Å². The largest absolute Gasteiger partial charge is 0.870 e. The molecule has 0 bridgehead atoms. The second kappa shape index (κ2) is 11.4. The Labute approximate surface area is 230 Å². The zero-order valence-corrected chi connectivity index (χ0v) is 21.0. The molecule has 1 aromatic rings. The summed E-state index contributed by atoms with van der Waals surface area (Å²) in [5, 5.41) is 93.3. The molecule has 8 N–H and O–H groups in total. The fourth-order valence-electron chi connectivity index (χ4n) is 4.60. The highest BCUT2D eigenvalue weighted by Crippen LogP contribution is 2.43. The van der Waals surface area contributed by atoms with Gasteiger partial charge in [-0.25, -0.2) is 0 Å². The van der Waals surface area contributed by atoms with Crippen LogP contribution in [0.1, 0.15) is 0 Å². The SMILES string of the molecule is O=c1cc2oc(-c3ccc([O-])c(O)c3)c(O[C@@H]3O[C@H](CO)[C@@H](O)[C@H](O)[C@H]3O[C@@H]3OC[C@@H](O)[C@H](O)[C@H]3O)cc-2c(O)c1. The van der Waals surface area contributed by atoms with Crippen molar-refractivity contribution in [3.05, 3.63) is 46.6 Å². The molecule has 1 aliphatic carbocycles. The van der Waals surface area contributed by atoms with Gasteiger partial charge < -0.3 is 69.3 Å². The molecule has 1 aromatic carbocycles. The lowest BCUT2D eigenvalue weighted by Crippen LogP contribution is -2.63. The number of hydrogen-bond acceptors (Lipinski definition) is 15. The average molecular weight is 579 g/mol. The molecule has 222 valence electrons. The van der Waals surface area contributed by atoms with Gasteiger partial charge >= 0.3 is 0 Å². The number of rotatable bonds is 6. The van der Waals surface area contributed by atoms with Crippen molar-refractivity contribution in [2.45, 2.75) is 55.3 Å². The average Bonchev–Trinajstić information content (AvgIpc) is 2.94. The summed E-state index contributed by atoms with van der Waals surface area (Å²) >= 11 is 0. The fraction of sp³-hybridized carbons (Fsp3) is 0.423. The van der Waals surface area contributed by atoms with Crippen LogP contribution in [-0.2, 0) is 14.2 Å². The molecular weight excluding hydrogens is 552 g/mol. The number of hydrogen-bond donors (Lipinski definition) is 8. The smallest absolute Gasteiger partial charge is 0.229 e. The molecule has 5 rings (SSSR count). The first-order valence-corrected chi connectivity index (χ1v) is 12.4. The zero-order chi connectivity index (χ0) is 29.6. The Bertz CT molecular complexity index is 1410. The quantitative estimate of drug-likeness (QED) is 0.151. The second-order valence-electron chi connectivity index (χ2n) is 9.65. The Hall–Kier alpha value is -3.51. The van der Waals surface area contributed by atoms with Crippen LogP contribution < -0.4 is 15.3 Å². The Morgan fingerprint density at radius 3 is 2.37 bits per heavy atom. The van der Waals surface area contributed by atoms with Crippen molar-refractivity contribution in [2.24, 2.45) is 0 Å². The lowest BCUT2D eigenvalue weighted by Gasteiger charge is -2.44. The summed E-state index contributed by atoms with van der Waals surface area (Å²) in [6, 6.07) is 6.63. The Morgan fingerprint density at radius 1 is 0.902 bits per heavy atom. The summed E-state index contributed by atoms with van der Waals surface area (Å²) in [5.74, 6) is -2.30. The van der Waals surface area contributed by atoms with Gasteiger partial charge in [0.2, 0.25) is 6.29 Å². The van der Waals surface area contributed by atoms with E-state index in [1.807, 2.05) is 0 Å². The van der Waals surface area contributed by atoms with Gasteiger partial charge in [-0.05, 0) is 12.1 Å². The molecule has 15 nitrogen and oxygen atoms in total. The van der Waals surface area contributed by atoms with Gasteiger partial charge in [-0.1, -0.05) is 17.9 Å². The molecule has 15 heteroatoms. The highest BCUT2D eigenvalue weighted by Gasteiger charge is 2.50. The first-order chi connectivity index (χ1) is 19.5. The Balaban J connectivity index is 1.57. The summed E-state index contributed by atoms with van der Waals surface area (Å²) in [5.41, 5.74) is -0.490. The topological polar surface area (TPSA) is 252 Å². The van der Waals surface area contributed by atoms with Gasteiger partial charge in [-0.3, -0.25) is 4.79 Å². The number of ether oxygens (including phenoxy) is 4. The molecule has 2 fully saturated rings. The van der Waals surface area contributed by atoms with Gasteiger partial charge in [-0.2, -0.15) is 0 Å². The monoisotopic (exact) mass is 579 g/mol. The van der Waals surface area contributed by atoms with Crippen molar-refractivity contribution >= 4 is 0 Å². The van der Waals surface area contributed by atoms with Gasteiger partial charge in [0.25, 0.3) is 0 Å². The summed E-state index contributed by atoms with van der Waals surface area (Å²) in [7, 11) is 0. The van der Waals surface area contributed by atoms with Crippen LogP contribution in [0, 0.1) is 0 Å². The van der Waals surface area contributed by atoms with Crippen LogP contribution >= 0.6 is 0 Å². The molecule has 0 saturated carbocycles. The van der Waals surface area contributed by atoms with E-state index in [4.69, 9.17) is 23.4 Å². The van der Waals surface area contributed by atoms with Gasteiger partial charge in [-0.15, -0.1) is 0 Å². The molecular formula is C26H27O15-. The first kappa shape index (κ1) is 29.0. The molecule has 0 spiro atoms. The number of aliphatic hydroxyl groups is 6. The maximum Gasteiger partial charge on any atom is 0.229 e. The highest BCUT2D eigenvalue weighted by molar-refractivity contribution is 5.75. The van der Waals surface area contributed by atoms with E-state index < -0.39 is 91.2 Å². The standard InChI is InChI=1S/C26H28O15/c27-7-18-20(34)21(35)24(41-25-22(36)19(33)15(32)8-37-25)26(40-18)39-17-6-11-13(30)4-10(28)5-16(11)38-23(17)9-1-2-12(29)14(31)3-9/h1-6,15,18-22,24-27,29-36H,7-8H2/p-1/t15-,18-,19+,20-,21+,22-,24-,25+,26-/m1/s1. The van der Waals surface area contributed by atoms with Gasteiger partial charge in [0.1, 0.15) is 53.9 Å². The predicted octanol–water partition coefficient (Wildman–Crippen LogP) is -2.46. The number of phenolic OH excluding ortho intramolecular Hbond substituents is 2. The minimum atomic E-state index is -1.81. The van der Waals surface area contributed by atoms with Crippen LogP contribution in [0.5, 0.6) is 23.0 Å². The maximum atomic E-state index is 12.0. The van der Waals surface area contributed by atoms with Crippen LogP contribution in [0.25, 0.3) is 22.6 Å². The third-order valence-electron chi connectivity index (χ3n) is 6.84. The van der Waals surface area contributed by atoms with Crippen molar-refractivity contribution in [3.63, 3.8) is 0 Å². The van der Waals surface area contributed by atoms with E-state index >= 15 is 0 Å². The minimum absolute atomic E-state index is 0.00346. The molecule has 0 radical (unpaired) electrons. The van der Waals surface area contributed by atoms with Crippen molar-refractivity contribution in [1.82, 2.24) is 0 Å². The molecule has 4 aliphatic rings. The number of aromatic hydroxyl groups is 2. The number of phenols is 2. The summed E-state index contributed by atoms with van der Waals surface area (Å²) in [6.07, 6.45) is -14.7. The van der Waals surface area contributed by atoms with Crippen LogP contribution in [0.2, 0.25) is 0 Å². The Kier molecular flexibility index (Phi) is 8.06. The third-order valence-corrected chi connectivity index (χ3v) is 6.84. The van der Waals surface area contributed by atoms with Crippen LogP contribution in [0.15, 0.2) is 45.6 Å². The number of fused-ring (bicyclic) bond motifs is 1. The molecule has 3 heterocycles. The van der Waals surface area contributed by atoms with Crippen molar-refractivity contribution in [2.75, 3.05) is 13.2 Å². The maximum absolute atomic E-state index is 12.0. The fourth-order valence-corrected chi connectivity index (χ4v) is 4.60. The Morgan fingerprint density at radius 2 is 1.66 bits per heavy atom. The summed E-state index contributed by atoms with van der Waals surface area (Å²) in [4.78, 5) is 12.0. The van der Waals surface area contributed by atoms with Crippen molar-refractivity contribution in [1.29, 1.82) is 0 Å². The molecule has 0 amide bonds. The minimum Gasteiger partial charge on any atom is -0.870 e. The molecule has 0 unspecified atom stereocenters. The lowest BCUT2D eigenvalue weighted by atomic mass is 9.98. The van der Waals surface area contributed by atoms with Crippen molar-refractivity contribution < 1.29 is 69.3 Å². The molecule has 2 saturated heterocycles. The highest BCUT2D eigenvalue weighted by atomic mass is 16.8.